The van der Waals surface area contributed by atoms with E-state index >= 15 is 0 Å². The van der Waals surface area contributed by atoms with Gasteiger partial charge in [0, 0.05) is 6.07 Å². The molecule has 0 aromatic heterocycles. The molecule has 0 atom stereocenters. The number of hydrogen-bond acceptors (Lipinski definition) is 4. The van der Waals surface area contributed by atoms with Crippen LogP contribution in [0, 0.1) is 5.82 Å². The molecule has 1 amide bonds. The predicted molar refractivity (Wildman–Crippen MR) is 82.2 cm³/mol. The highest BCUT2D eigenvalue weighted by atomic mass is 19.1. The molecular formula is C16H17FN2O3. The number of nitrogen functional groups attached to an aromatic ring is 1. The number of rotatable bonds is 5. The first-order valence-corrected chi connectivity index (χ1v) is 6.79. The van der Waals surface area contributed by atoms with Crippen LogP contribution in [0.5, 0.6) is 5.75 Å². The zero-order chi connectivity index (χ0) is 15.9. The van der Waals surface area contributed by atoms with E-state index in [0.29, 0.717) is 22.7 Å². The van der Waals surface area contributed by atoms with Crippen LogP contribution in [0.3, 0.4) is 0 Å². The lowest BCUT2D eigenvalue weighted by Crippen LogP contribution is -2.14. The van der Waals surface area contributed by atoms with Crippen LogP contribution in [0.4, 0.5) is 20.6 Å². The number of halogens is 1. The summed E-state index contributed by atoms with van der Waals surface area (Å²) in [6, 6.07) is 11.0. The van der Waals surface area contributed by atoms with Gasteiger partial charge in [0.25, 0.3) is 0 Å². The summed E-state index contributed by atoms with van der Waals surface area (Å²) in [6.07, 6.45) is -0.567. The molecule has 22 heavy (non-hydrogen) atoms. The number of hydrogen-bond donors (Lipinski definition) is 2. The summed E-state index contributed by atoms with van der Waals surface area (Å²) in [5.41, 5.74) is 7.36. The van der Waals surface area contributed by atoms with Crippen LogP contribution in [0.1, 0.15) is 12.5 Å². The molecule has 0 radical (unpaired) electrons. The molecule has 3 N–H and O–H groups in total. The van der Waals surface area contributed by atoms with Crippen molar-refractivity contribution in [2.45, 2.75) is 13.5 Å². The van der Waals surface area contributed by atoms with Gasteiger partial charge in [0.2, 0.25) is 0 Å². The van der Waals surface area contributed by atoms with Gasteiger partial charge >= 0.3 is 6.09 Å². The molecule has 0 heterocycles. The van der Waals surface area contributed by atoms with Crippen molar-refractivity contribution in [1.82, 2.24) is 0 Å². The van der Waals surface area contributed by atoms with Crippen LogP contribution in [0.2, 0.25) is 0 Å². The highest BCUT2D eigenvalue weighted by Crippen LogP contribution is 2.25. The van der Waals surface area contributed by atoms with E-state index in [1.165, 1.54) is 12.1 Å². The minimum Gasteiger partial charge on any atom is -0.489 e. The molecule has 116 valence electrons. The Balaban J connectivity index is 1.98. The van der Waals surface area contributed by atoms with E-state index in [1.54, 1.807) is 37.3 Å². The number of carbonyl (C=O) groups excluding carboxylic acids is 1. The van der Waals surface area contributed by atoms with Crippen molar-refractivity contribution in [2.75, 3.05) is 17.7 Å². The second kappa shape index (κ2) is 7.31. The van der Waals surface area contributed by atoms with Crippen molar-refractivity contribution in [2.24, 2.45) is 0 Å². The van der Waals surface area contributed by atoms with Gasteiger partial charge in [0.1, 0.15) is 18.2 Å². The molecule has 2 rings (SSSR count). The highest BCUT2D eigenvalue weighted by Gasteiger charge is 2.07. The van der Waals surface area contributed by atoms with E-state index in [9.17, 15) is 9.18 Å². The zero-order valence-corrected chi connectivity index (χ0v) is 12.1. The van der Waals surface area contributed by atoms with E-state index in [0.717, 1.165) is 0 Å². The van der Waals surface area contributed by atoms with Crippen molar-refractivity contribution in [1.29, 1.82) is 0 Å². The number of nitrogens with one attached hydrogen (secondary N) is 1. The van der Waals surface area contributed by atoms with Crippen LogP contribution in [-0.2, 0) is 11.3 Å². The minimum absolute atomic E-state index is 0.224. The molecule has 0 bridgehead atoms. The normalized spacial score (nSPS) is 10.1. The average molecular weight is 304 g/mol. The Bertz CT molecular complexity index is 662. The first kappa shape index (κ1) is 15.6. The van der Waals surface area contributed by atoms with Crippen LogP contribution < -0.4 is 15.8 Å². The van der Waals surface area contributed by atoms with Gasteiger partial charge in [-0.1, -0.05) is 12.1 Å². The molecular weight excluding hydrogens is 287 g/mol. The zero-order valence-electron chi connectivity index (χ0n) is 12.1. The number of ether oxygens (including phenoxy) is 2. The third-order valence-electron chi connectivity index (χ3n) is 2.83. The maximum Gasteiger partial charge on any atom is 0.411 e. The molecule has 0 aliphatic rings. The minimum atomic E-state index is -0.567. The number of amides is 1. The molecule has 0 saturated carbocycles. The lowest BCUT2D eigenvalue weighted by atomic mass is 10.2. The van der Waals surface area contributed by atoms with Gasteiger partial charge in [-0.05, 0) is 36.8 Å². The van der Waals surface area contributed by atoms with Crippen LogP contribution in [0.15, 0.2) is 42.5 Å². The molecule has 0 saturated heterocycles. The standard InChI is InChI=1S/C16H17FN2O3/c1-2-21-16(20)19-15-7-6-13(9-14(15)18)22-10-11-4-3-5-12(17)8-11/h3-9H,2,10,18H2,1H3,(H,19,20). The lowest BCUT2D eigenvalue weighted by Gasteiger charge is -2.11. The maximum atomic E-state index is 13.1. The molecule has 2 aromatic carbocycles. The smallest absolute Gasteiger partial charge is 0.411 e. The van der Waals surface area contributed by atoms with Crippen LogP contribution >= 0.6 is 0 Å². The predicted octanol–water partition coefficient (Wildman–Crippen LogP) is 3.56. The Labute approximate surface area is 127 Å². The van der Waals surface area contributed by atoms with Gasteiger partial charge < -0.3 is 15.2 Å². The van der Waals surface area contributed by atoms with E-state index < -0.39 is 6.09 Å². The SMILES string of the molecule is CCOC(=O)Nc1ccc(OCc2cccc(F)c2)cc1N. The maximum absolute atomic E-state index is 13.1. The Hall–Kier alpha value is -2.76. The van der Waals surface area contributed by atoms with Crippen LogP contribution in [0.25, 0.3) is 0 Å². The first-order chi connectivity index (χ1) is 10.6. The summed E-state index contributed by atoms with van der Waals surface area (Å²) in [6.45, 7) is 2.22. The second-order valence-electron chi connectivity index (χ2n) is 4.51. The van der Waals surface area contributed by atoms with Gasteiger partial charge in [0.05, 0.1) is 18.0 Å². The number of benzene rings is 2. The number of nitrogens with two attached hydrogens (primary N) is 1. The summed E-state index contributed by atoms with van der Waals surface area (Å²) in [5, 5.41) is 2.53. The van der Waals surface area contributed by atoms with E-state index in [2.05, 4.69) is 5.32 Å². The monoisotopic (exact) mass is 304 g/mol. The third-order valence-corrected chi connectivity index (χ3v) is 2.83. The van der Waals surface area contributed by atoms with Crippen molar-refractivity contribution in [3.63, 3.8) is 0 Å². The fraction of sp³-hybridized carbons (Fsp3) is 0.188. The second-order valence-corrected chi connectivity index (χ2v) is 4.51. The van der Waals surface area contributed by atoms with Crippen molar-refractivity contribution < 1.29 is 18.7 Å². The molecule has 0 aliphatic heterocycles. The van der Waals surface area contributed by atoms with Crippen molar-refractivity contribution >= 4 is 17.5 Å². The van der Waals surface area contributed by atoms with E-state index in [4.69, 9.17) is 15.2 Å². The quantitative estimate of drug-likeness (QED) is 0.828. The number of carbonyl (C=O) groups is 1. The Morgan fingerprint density at radius 3 is 2.77 bits per heavy atom. The first-order valence-electron chi connectivity index (χ1n) is 6.79. The van der Waals surface area contributed by atoms with Gasteiger partial charge in [-0.15, -0.1) is 0 Å². The summed E-state index contributed by atoms with van der Waals surface area (Å²) in [5.74, 6) is 0.214. The Morgan fingerprint density at radius 2 is 2.09 bits per heavy atom. The lowest BCUT2D eigenvalue weighted by molar-refractivity contribution is 0.168. The van der Waals surface area contributed by atoms with Gasteiger partial charge in [-0.2, -0.15) is 0 Å². The summed E-state index contributed by atoms with van der Waals surface area (Å²) in [7, 11) is 0. The highest BCUT2D eigenvalue weighted by molar-refractivity contribution is 5.89. The fourth-order valence-electron chi connectivity index (χ4n) is 1.81. The van der Waals surface area contributed by atoms with Gasteiger partial charge in [0.15, 0.2) is 0 Å². The molecule has 0 spiro atoms. The largest absolute Gasteiger partial charge is 0.489 e. The summed E-state index contributed by atoms with van der Waals surface area (Å²) >= 11 is 0. The van der Waals surface area contributed by atoms with Crippen molar-refractivity contribution in [3.8, 4) is 5.75 Å². The molecule has 2 aromatic rings. The Morgan fingerprint density at radius 1 is 1.27 bits per heavy atom. The Kier molecular flexibility index (Phi) is 5.19. The molecule has 0 aliphatic carbocycles. The van der Waals surface area contributed by atoms with E-state index in [1.807, 2.05) is 0 Å². The van der Waals surface area contributed by atoms with Gasteiger partial charge in [-0.3, -0.25) is 5.32 Å². The molecule has 0 fully saturated rings. The van der Waals surface area contributed by atoms with Gasteiger partial charge in [-0.25, -0.2) is 9.18 Å². The molecule has 6 heteroatoms. The third kappa shape index (κ3) is 4.37. The molecule has 0 unspecified atom stereocenters. The van der Waals surface area contributed by atoms with Crippen LogP contribution in [-0.4, -0.2) is 12.7 Å². The average Bonchev–Trinajstić information content (AvgIpc) is 2.48. The van der Waals surface area contributed by atoms with E-state index in [-0.39, 0.29) is 19.0 Å². The molecule has 5 nitrogen and oxygen atoms in total. The van der Waals surface area contributed by atoms with Crippen molar-refractivity contribution in [3.05, 3.63) is 53.8 Å². The topological polar surface area (TPSA) is 73.6 Å². The summed E-state index contributed by atoms with van der Waals surface area (Å²) < 4.78 is 23.4. The summed E-state index contributed by atoms with van der Waals surface area (Å²) in [4.78, 5) is 11.3. The number of anilines is 2. The fourth-order valence-corrected chi connectivity index (χ4v) is 1.81.